The van der Waals surface area contributed by atoms with Gasteiger partial charge in [-0.2, -0.15) is 0 Å². The summed E-state index contributed by atoms with van der Waals surface area (Å²) in [5, 5.41) is 7.13. The lowest BCUT2D eigenvalue weighted by Gasteiger charge is -2.26. The van der Waals surface area contributed by atoms with Crippen LogP contribution in [0.15, 0.2) is 79.4 Å². The largest absolute Gasteiger partial charge is 0.487 e. The number of anilines is 3. The molecule has 2 aromatic carbocycles. The lowest BCUT2D eigenvalue weighted by molar-refractivity contribution is -0.138. The summed E-state index contributed by atoms with van der Waals surface area (Å²) in [6.07, 6.45) is 7.85. The molecule has 0 unspecified atom stereocenters. The molecule has 2 aromatic heterocycles. The van der Waals surface area contributed by atoms with Crippen molar-refractivity contribution >= 4 is 51.6 Å². The minimum absolute atomic E-state index is 0.287. The molecule has 3 heterocycles. The monoisotopic (exact) mass is 602 g/mol. The summed E-state index contributed by atoms with van der Waals surface area (Å²) in [4.78, 5) is 39.5. The lowest BCUT2D eigenvalue weighted by atomic mass is 10.2. The Morgan fingerprint density at radius 2 is 1.81 bits per heavy atom. The van der Waals surface area contributed by atoms with Gasteiger partial charge in [-0.25, -0.2) is 14.8 Å². The van der Waals surface area contributed by atoms with E-state index in [1.54, 1.807) is 42.7 Å². The van der Waals surface area contributed by atoms with E-state index in [0.717, 1.165) is 57.0 Å². The van der Waals surface area contributed by atoms with Crippen molar-refractivity contribution in [1.82, 2.24) is 19.9 Å². The fourth-order valence-corrected chi connectivity index (χ4v) is 4.60. The average Bonchev–Trinajstić information content (AvgIpc) is 3.03. The molecule has 11 nitrogen and oxygen atoms in total. The van der Waals surface area contributed by atoms with Crippen molar-refractivity contribution in [2.45, 2.75) is 13.0 Å². The van der Waals surface area contributed by atoms with Gasteiger partial charge in [0.25, 0.3) is 0 Å². The highest BCUT2D eigenvalue weighted by molar-refractivity contribution is 6.32. The van der Waals surface area contributed by atoms with Crippen LogP contribution in [0.25, 0.3) is 10.9 Å². The first-order chi connectivity index (χ1) is 21.0. The van der Waals surface area contributed by atoms with Crippen LogP contribution in [0.4, 0.5) is 17.2 Å². The van der Waals surface area contributed by atoms with E-state index in [2.05, 4.69) is 30.5 Å². The molecule has 0 radical (unpaired) electrons. The van der Waals surface area contributed by atoms with E-state index in [1.165, 1.54) is 6.33 Å². The Balaban J connectivity index is 1.15. The number of nitrogens with one attached hydrogen (secondary N) is 2. The number of rotatable bonds is 12. The molecule has 222 valence electrons. The van der Waals surface area contributed by atoms with Gasteiger partial charge in [0, 0.05) is 60.9 Å². The maximum absolute atomic E-state index is 12.5. The summed E-state index contributed by atoms with van der Waals surface area (Å²) >= 11 is 6.48. The van der Waals surface area contributed by atoms with Gasteiger partial charge in [-0.1, -0.05) is 11.6 Å². The zero-order valence-electron chi connectivity index (χ0n) is 23.4. The van der Waals surface area contributed by atoms with Crippen LogP contribution in [0.2, 0.25) is 5.02 Å². The van der Waals surface area contributed by atoms with Crippen molar-refractivity contribution in [3.8, 4) is 5.75 Å². The number of morpholine rings is 1. The minimum Gasteiger partial charge on any atom is -0.487 e. The van der Waals surface area contributed by atoms with Crippen LogP contribution in [0.3, 0.4) is 0 Å². The number of esters is 1. The molecule has 12 heteroatoms. The first-order valence-corrected chi connectivity index (χ1v) is 14.2. The number of ether oxygens (including phenoxy) is 3. The molecule has 1 aliphatic heterocycles. The highest BCUT2D eigenvalue weighted by Crippen LogP contribution is 2.31. The average molecular weight is 603 g/mol. The summed E-state index contributed by atoms with van der Waals surface area (Å²) in [5.74, 6) is 0.0402. The molecule has 43 heavy (non-hydrogen) atoms. The van der Waals surface area contributed by atoms with Crippen LogP contribution in [-0.4, -0.2) is 71.2 Å². The van der Waals surface area contributed by atoms with Crippen molar-refractivity contribution in [3.63, 3.8) is 0 Å². The van der Waals surface area contributed by atoms with Crippen LogP contribution in [0.5, 0.6) is 5.75 Å². The highest BCUT2D eigenvalue weighted by atomic mass is 35.5. The van der Waals surface area contributed by atoms with Gasteiger partial charge in [0.15, 0.2) is 0 Å². The maximum atomic E-state index is 12.5. The number of nitrogens with zero attached hydrogens (tertiary/aromatic N) is 4. The molecule has 1 saturated heterocycles. The zero-order chi connectivity index (χ0) is 29.9. The van der Waals surface area contributed by atoms with Crippen LogP contribution in [-0.2, 0) is 25.7 Å². The van der Waals surface area contributed by atoms with Gasteiger partial charge in [-0.15, -0.1) is 0 Å². The van der Waals surface area contributed by atoms with Gasteiger partial charge in [0.2, 0.25) is 5.91 Å². The van der Waals surface area contributed by atoms with E-state index >= 15 is 0 Å². The predicted octanol–water partition coefficient (Wildman–Crippen LogP) is 4.76. The fourth-order valence-electron chi connectivity index (χ4n) is 4.37. The Morgan fingerprint density at radius 3 is 2.63 bits per heavy atom. The van der Waals surface area contributed by atoms with Crippen molar-refractivity contribution in [2.24, 2.45) is 0 Å². The van der Waals surface area contributed by atoms with Crippen LogP contribution >= 0.6 is 11.6 Å². The van der Waals surface area contributed by atoms with Gasteiger partial charge in [-0.05, 0) is 60.5 Å². The lowest BCUT2D eigenvalue weighted by Crippen LogP contribution is -2.37. The molecule has 0 spiro atoms. The van der Waals surface area contributed by atoms with Crippen molar-refractivity contribution in [1.29, 1.82) is 0 Å². The van der Waals surface area contributed by atoms with E-state index in [0.29, 0.717) is 45.5 Å². The molecule has 0 saturated carbocycles. The minimum atomic E-state index is -0.567. The summed E-state index contributed by atoms with van der Waals surface area (Å²) in [6.45, 7) is 4.72. The third-order valence-corrected chi connectivity index (χ3v) is 6.87. The fraction of sp³-hybridized carbons (Fsp3) is 0.258. The molecule has 4 aromatic rings. The normalized spacial score (nSPS) is 13.6. The van der Waals surface area contributed by atoms with Crippen LogP contribution < -0.4 is 15.4 Å². The van der Waals surface area contributed by atoms with Crippen molar-refractivity contribution in [2.75, 3.05) is 50.1 Å². The summed E-state index contributed by atoms with van der Waals surface area (Å²) < 4.78 is 16.4. The zero-order valence-corrected chi connectivity index (χ0v) is 24.1. The topological polar surface area (TPSA) is 128 Å². The molecule has 1 fully saturated rings. The van der Waals surface area contributed by atoms with Gasteiger partial charge in [0.05, 0.1) is 30.4 Å². The van der Waals surface area contributed by atoms with E-state index < -0.39 is 11.9 Å². The number of carbonyl (C=O) groups excluding carboxylic acids is 2. The number of amides is 1. The van der Waals surface area contributed by atoms with Crippen LogP contribution in [0, 0.1) is 0 Å². The summed E-state index contributed by atoms with van der Waals surface area (Å²) in [5.41, 5.74) is 2.86. The second-order valence-electron chi connectivity index (χ2n) is 9.67. The number of aromatic nitrogens is 3. The number of benzene rings is 2. The van der Waals surface area contributed by atoms with E-state index in [-0.39, 0.29) is 6.61 Å². The number of hydrogen-bond donors (Lipinski definition) is 2. The van der Waals surface area contributed by atoms with Gasteiger partial charge < -0.3 is 24.8 Å². The van der Waals surface area contributed by atoms with Gasteiger partial charge >= 0.3 is 5.97 Å². The molecule has 1 aliphatic rings. The predicted molar refractivity (Wildman–Crippen MR) is 163 cm³/mol. The third-order valence-electron chi connectivity index (χ3n) is 6.58. The maximum Gasteiger partial charge on any atom is 0.330 e. The van der Waals surface area contributed by atoms with Gasteiger partial charge in [-0.3, -0.25) is 14.7 Å². The smallest absolute Gasteiger partial charge is 0.330 e. The quantitative estimate of drug-likeness (QED) is 0.133. The number of halogens is 1. The second kappa shape index (κ2) is 15.1. The molecule has 0 aliphatic carbocycles. The van der Waals surface area contributed by atoms with E-state index in [4.69, 9.17) is 25.8 Å². The molecular weight excluding hydrogens is 572 g/mol. The summed E-state index contributed by atoms with van der Waals surface area (Å²) in [7, 11) is 0. The van der Waals surface area contributed by atoms with E-state index in [9.17, 15) is 9.59 Å². The Labute approximate surface area is 253 Å². The number of carbonyl (C=O) groups is 2. The molecule has 5 rings (SSSR count). The standard InChI is InChI=1S/C31H31ClN6O5/c32-26-19-24(3-5-28(26)43-20-22-8-10-33-11-9-22)37-31-25-18-23(2-4-27(25)34-21-35-31)36-29(39)6-7-30(40)42-15-1-12-38-13-16-41-17-14-38/h2-11,18-19,21H,1,12-17,20H2,(H,36,39)(H,34,35,37). The molecule has 1 amide bonds. The Bertz CT molecular complexity index is 1580. The second-order valence-corrected chi connectivity index (χ2v) is 10.1. The number of hydrogen-bond acceptors (Lipinski definition) is 10. The molecular formula is C31H31ClN6O5. The Hall–Kier alpha value is -4.58. The molecule has 0 bridgehead atoms. The Kier molecular flexibility index (Phi) is 10.5. The molecule has 2 N–H and O–H groups in total. The van der Waals surface area contributed by atoms with E-state index in [1.807, 2.05) is 18.2 Å². The SMILES string of the molecule is O=C(C=CC(=O)OCCCN1CCOCC1)Nc1ccc2ncnc(Nc3ccc(OCc4ccncc4)c(Cl)c3)c2c1. The highest BCUT2D eigenvalue weighted by Gasteiger charge is 2.11. The molecule has 0 atom stereocenters. The first kappa shape index (κ1) is 29.9. The van der Waals surface area contributed by atoms with Crippen LogP contribution in [0.1, 0.15) is 12.0 Å². The number of pyridine rings is 1. The third kappa shape index (κ3) is 8.95. The first-order valence-electron chi connectivity index (χ1n) is 13.8. The Morgan fingerprint density at radius 1 is 1.00 bits per heavy atom. The van der Waals surface area contributed by atoms with Gasteiger partial charge in [0.1, 0.15) is 24.5 Å². The number of fused-ring (bicyclic) bond motifs is 1. The van der Waals surface area contributed by atoms with Crippen molar-refractivity contribution in [3.05, 3.63) is 90.0 Å². The summed E-state index contributed by atoms with van der Waals surface area (Å²) in [6, 6.07) is 14.4. The van der Waals surface area contributed by atoms with Crippen molar-refractivity contribution < 1.29 is 23.8 Å².